The highest BCUT2D eigenvalue weighted by atomic mass is 16.5. The van der Waals surface area contributed by atoms with Crippen LogP contribution in [0.3, 0.4) is 0 Å². The maximum atomic E-state index is 13.8. The number of hydrogen-bond acceptors (Lipinski definition) is 9. The first-order valence-electron chi connectivity index (χ1n) is 10.8. The number of aliphatic hydroxyl groups excluding tert-OH is 2. The van der Waals surface area contributed by atoms with E-state index in [1.807, 2.05) is 6.92 Å². The van der Waals surface area contributed by atoms with Crippen LogP contribution in [0.4, 0.5) is 0 Å². The Labute approximate surface area is 193 Å². The third-order valence-electron chi connectivity index (χ3n) is 7.25. The highest BCUT2D eigenvalue weighted by Gasteiger charge is 2.55. The fourth-order valence-corrected chi connectivity index (χ4v) is 5.78. The first-order valence-corrected chi connectivity index (χ1v) is 10.8. The van der Waals surface area contributed by atoms with Crippen molar-refractivity contribution >= 4 is 17.4 Å². The number of ether oxygens (including phenoxy) is 1. The van der Waals surface area contributed by atoms with Gasteiger partial charge in [-0.15, -0.1) is 0 Å². The lowest BCUT2D eigenvalue weighted by molar-refractivity contribution is -0.114. The molecule has 1 aromatic carbocycles. The molecule has 0 fully saturated rings. The van der Waals surface area contributed by atoms with E-state index in [-0.39, 0.29) is 57.6 Å². The molecule has 10 heteroatoms. The number of Topliss-reactive ketones (excluding diaryl/α,β-unsaturated/α-hetero) is 1. The summed E-state index contributed by atoms with van der Waals surface area (Å²) in [4.78, 5) is 29.8. The highest BCUT2D eigenvalue weighted by Crippen LogP contribution is 2.54. The van der Waals surface area contributed by atoms with Gasteiger partial charge in [-0.05, 0) is 17.5 Å². The van der Waals surface area contributed by atoms with Crippen LogP contribution in [0.25, 0.3) is 11.5 Å². The number of aromatic hydroxyl groups is 1. The molecule has 0 aliphatic heterocycles. The van der Waals surface area contributed by atoms with Crippen molar-refractivity contribution in [3.05, 3.63) is 58.4 Å². The monoisotopic (exact) mass is 465 g/mol. The summed E-state index contributed by atoms with van der Waals surface area (Å²) in [7, 11) is 1.35. The number of phenolic OH excluding ortho intramolecular Hbond substituents is 1. The van der Waals surface area contributed by atoms with Crippen molar-refractivity contribution in [2.24, 2.45) is 23.5 Å². The number of rotatable bonds is 3. The first-order chi connectivity index (χ1) is 16.2. The van der Waals surface area contributed by atoms with E-state index in [2.05, 4.69) is 4.98 Å². The quantitative estimate of drug-likeness (QED) is 0.457. The predicted molar refractivity (Wildman–Crippen MR) is 118 cm³/mol. The van der Waals surface area contributed by atoms with Gasteiger partial charge >= 0.3 is 0 Å². The van der Waals surface area contributed by atoms with Gasteiger partial charge in [0.05, 0.1) is 47.7 Å². The number of carbonyl (C=O) groups excluding carboxylic acids is 2. The Morgan fingerprint density at radius 1 is 1.32 bits per heavy atom. The normalized spacial score (nSPS) is 28.4. The second-order valence-electron chi connectivity index (χ2n) is 8.82. The second-order valence-corrected chi connectivity index (χ2v) is 8.82. The van der Waals surface area contributed by atoms with E-state index < -0.39 is 41.5 Å². The maximum absolute atomic E-state index is 13.8. The van der Waals surface area contributed by atoms with Crippen molar-refractivity contribution in [1.82, 2.24) is 4.98 Å². The van der Waals surface area contributed by atoms with E-state index in [1.165, 1.54) is 19.6 Å². The molecule has 176 valence electrons. The molecule has 0 spiro atoms. The van der Waals surface area contributed by atoms with Gasteiger partial charge in [-0.25, -0.2) is 4.98 Å². The number of nitrogens with zero attached hydrogens (tertiary/aromatic N) is 1. The number of benzene rings is 1. The molecule has 1 aromatic heterocycles. The number of nitrogens with two attached hydrogens (primary N) is 1. The third kappa shape index (κ3) is 2.78. The molecule has 1 heterocycles. The summed E-state index contributed by atoms with van der Waals surface area (Å²) in [6.07, 6.45) is 1.56. The van der Waals surface area contributed by atoms with Crippen molar-refractivity contribution in [1.29, 1.82) is 5.41 Å². The molecule has 34 heavy (non-hydrogen) atoms. The highest BCUT2D eigenvalue weighted by molar-refractivity contribution is 6.23. The van der Waals surface area contributed by atoms with Crippen molar-refractivity contribution in [3.63, 3.8) is 0 Å². The number of amides is 1. The number of aliphatic hydroxyl groups is 2. The number of hydrogen-bond donors (Lipinski definition) is 5. The Bertz CT molecular complexity index is 1310. The molecule has 5 rings (SSSR count). The molecule has 3 aliphatic carbocycles. The van der Waals surface area contributed by atoms with Gasteiger partial charge in [-0.2, -0.15) is 0 Å². The lowest BCUT2D eigenvalue weighted by Gasteiger charge is -2.48. The Kier molecular flexibility index (Phi) is 4.87. The summed E-state index contributed by atoms with van der Waals surface area (Å²) in [5.41, 5.74) is 5.70. The minimum absolute atomic E-state index is 0.0468. The SMILES string of the molecule is COC1=C2C(=O)c3c(ccc(-c4ncco4)c3O)[C@H](C)C2[C@H](O)C2CC(O)=C(C(N)=O)C(=N)C12. The van der Waals surface area contributed by atoms with Crippen LogP contribution in [0.5, 0.6) is 5.75 Å². The second kappa shape index (κ2) is 7.56. The van der Waals surface area contributed by atoms with Gasteiger partial charge in [0.15, 0.2) is 5.78 Å². The largest absolute Gasteiger partial charge is 0.511 e. The molecule has 2 aromatic rings. The topological polar surface area (TPSA) is 180 Å². The molecule has 0 bridgehead atoms. The van der Waals surface area contributed by atoms with Gasteiger partial charge in [0.25, 0.3) is 5.91 Å². The number of oxazole rings is 1. The number of allylic oxidation sites excluding steroid dienone is 2. The van der Waals surface area contributed by atoms with Crippen molar-refractivity contribution in [2.45, 2.75) is 25.4 Å². The summed E-state index contributed by atoms with van der Waals surface area (Å²) in [5.74, 6) is -4.69. The number of primary amides is 1. The van der Waals surface area contributed by atoms with Crippen molar-refractivity contribution in [3.8, 4) is 17.2 Å². The zero-order valence-electron chi connectivity index (χ0n) is 18.4. The van der Waals surface area contributed by atoms with Gasteiger partial charge in [-0.3, -0.25) is 9.59 Å². The lowest BCUT2D eigenvalue weighted by Crippen LogP contribution is -2.51. The van der Waals surface area contributed by atoms with Crippen LogP contribution in [-0.2, 0) is 9.53 Å². The zero-order valence-corrected chi connectivity index (χ0v) is 18.4. The average Bonchev–Trinajstić information content (AvgIpc) is 3.32. The standard InChI is InChI=1S/C24H23N3O7/c1-8-9-3-4-10(24-27-5-6-34-24)19(29)15(9)21(31)17-13(8)20(30)11-7-12(28)16(23(26)32)18(25)14(11)22(17)33-2/h3-6,8,11,13-14,20,25,28-30H,7H2,1-2H3,(H2,26,32)/t8-,11?,13?,14?,20+/m0/s1. The van der Waals surface area contributed by atoms with Crippen LogP contribution in [0.2, 0.25) is 0 Å². The molecule has 3 unspecified atom stereocenters. The fourth-order valence-electron chi connectivity index (χ4n) is 5.78. The molecule has 10 nitrogen and oxygen atoms in total. The van der Waals surface area contributed by atoms with E-state index in [9.17, 15) is 24.9 Å². The molecule has 1 amide bonds. The number of nitrogens with one attached hydrogen (secondary N) is 1. The molecule has 3 aliphatic rings. The minimum Gasteiger partial charge on any atom is -0.511 e. The lowest BCUT2D eigenvalue weighted by atomic mass is 9.58. The number of aromatic nitrogens is 1. The number of methoxy groups -OCH3 is 1. The molecule has 0 saturated carbocycles. The number of phenols is 1. The molecular formula is C24H23N3O7. The van der Waals surface area contributed by atoms with Gasteiger partial charge in [0.1, 0.15) is 23.5 Å². The summed E-state index contributed by atoms with van der Waals surface area (Å²) in [6.45, 7) is 1.83. The Morgan fingerprint density at radius 2 is 2.06 bits per heavy atom. The van der Waals surface area contributed by atoms with E-state index in [0.29, 0.717) is 5.56 Å². The zero-order chi connectivity index (χ0) is 24.5. The average molecular weight is 465 g/mol. The molecular weight excluding hydrogens is 442 g/mol. The molecule has 0 radical (unpaired) electrons. The van der Waals surface area contributed by atoms with Crippen LogP contribution in [0.15, 0.2) is 51.7 Å². The van der Waals surface area contributed by atoms with Crippen LogP contribution in [-0.4, -0.2) is 50.9 Å². The van der Waals surface area contributed by atoms with Gasteiger partial charge < -0.3 is 35.6 Å². The van der Waals surface area contributed by atoms with Crippen LogP contribution < -0.4 is 5.73 Å². The predicted octanol–water partition coefficient (Wildman–Crippen LogP) is 2.19. The fraction of sp³-hybridized carbons (Fsp3) is 0.333. The van der Waals surface area contributed by atoms with Crippen LogP contribution in [0, 0.1) is 23.2 Å². The first kappa shape index (κ1) is 21.9. The van der Waals surface area contributed by atoms with Gasteiger partial charge in [0, 0.05) is 23.8 Å². The van der Waals surface area contributed by atoms with Crippen molar-refractivity contribution in [2.75, 3.05) is 7.11 Å². The van der Waals surface area contributed by atoms with E-state index in [1.54, 1.807) is 12.1 Å². The van der Waals surface area contributed by atoms with E-state index in [4.69, 9.17) is 20.3 Å². The Balaban J connectivity index is 1.73. The molecule has 0 saturated heterocycles. The van der Waals surface area contributed by atoms with Gasteiger partial charge in [0.2, 0.25) is 5.89 Å². The maximum Gasteiger partial charge on any atom is 0.253 e. The summed E-state index contributed by atoms with van der Waals surface area (Å²) >= 11 is 0. The summed E-state index contributed by atoms with van der Waals surface area (Å²) in [5, 5.41) is 41.4. The molecule has 6 N–H and O–H groups in total. The van der Waals surface area contributed by atoms with Crippen LogP contribution in [0.1, 0.15) is 35.2 Å². The summed E-state index contributed by atoms with van der Waals surface area (Å²) < 4.78 is 10.9. The summed E-state index contributed by atoms with van der Waals surface area (Å²) in [6, 6.07) is 3.31. The minimum atomic E-state index is -1.13. The third-order valence-corrected chi connectivity index (χ3v) is 7.25. The Morgan fingerprint density at radius 3 is 2.68 bits per heavy atom. The van der Waals surface area contributed by atoms with Crippen LogP contribution >= 0.6 is 0 Å². The van der Waals surface area contributed by atoms with E-state index >= 15 is 0 Å². The van der Waals surface area contributed by atoms with Gasteiger partial charge in [-0.1, -0.05) is 13.0 Å². The molecule has 5 atom stereocenters. The number of fused-ring (bicyclic) bond motifs is 3. The number of carbonyl (C=O) groups is 2. The van der Waals surface area contributed by atoms with Crippen molar-refractivity contribution < 1.29 is 34.1 Å². The Hall–Kier alpha value is -3.92. The number of ketones is 1. The van der Waals surface area contributed by atoms with E-state index in [0.717, 1.165) is 0 Å². The smallest absolute Gasteiger partial charge is 0.253 e.